The fourth-order valence-electron chi connectivity index (χ4n) is 2.53. The second-order valence-electron chi connectivity index (χ2n) is 7.33. The van der Waals surface area contributed by atoms with Gasteiger partial charge in [-0.15, -0.1) is 6.42 Å². The lowest BCUT2D eigenvalue weighted by Crippen LogP contribution is -2.33. The van der Waals surface area contributed by atoms with Gasteiger partial charge in [-0.25, -0.2) is 4.79 Å². The Bertz CT molecular complexity index is 816. The van der Waals surface area contributed by atoms with Gasteiger partial charge in [0.25, 0.3) is 0 Å². The Balaban J connectivity index is 2.39. The molecule has 0 unspecified atom stereocenters. The quantitative estimate of drug-likeness (QED) is 0.747. The molecule has 0 atom stereocenters. The first-order chi connectivity index (χ1) is 12.2. The van der Waals surface area contributed by atoms with Crippen molar-refractivity contribution in [3.8, 4) is 18.1 Å². The number of pyridine rings is 1. The minimum absolute atomic E-state index is 0.174. The summed E-state index contributed by atoms with van der Waals surface area (Å²) in [6.07, 6.45) is 6.53. The van der Waals surface area contributed by atoms with Gasteiger partial charge >= 0.3 is 6.09 Å². The fourth-order valence-corrected chi connectivity index (χ4v) is 2.53. The number of aromatic nitrogens is 1. The molecule has 0 N–H and O–H groups in total. The molecule has 0 aliphatic carbocycles. The van der Waals surface area contributed by atoms with Gasteiger partial charge in [-0.2, -0.15) is 0 Å². The molecule has 0 fully saturated rings. The smallest absolute Gasteiger partial charge is 0.411 e. The molecule has 5 heteroatoms. The zero-order chi connectivity index (χ0) is 19.3. The monoisotopic (exact) mass is 354 g/mol. The van der Waals surface area contributed by atoms with Gasteiger partial charge < -0.3 is 9.47 Å². The molecular weight excluding hydrogens is 328 g/mol. The number of rotatable bonds is 5. The molecular formula is C21H26N2O3. The maximum absolute atomic E-state index is 12.3. The van der Waals surface area contributed by atoms with E-state index in [4.69, 9.17) is 15.9 Å². The maximum atomic E-state index is 12.3. The number of carbonyl (C=O) groups is 1. The summed E-state index contributed by atoms with van der Waals surface area (Å²) in [5.41, 5.74) is 1.37. The number of fused-ring (bicyclic) bond motifs is 1. The van der Waals surface area contributed by atoms with Crippen LogP contribution in [0.1, 0.15) is 40.2 Å². The number of hydrogen-bond acceptors (Lipinski definition) is 4. The van der Waals surface area contributed by atoms with Gasteiger partial charge in [-0.05, 0) is 52.3 Å². The molecule has 0 aliphatic heterocycles. The average Bonchev–Trinajstić information content (AvgIpc) is 2.54. The Morgan fingerprint density at radius 1 is 1.31 bits per heavy atom. The van der Waals surface area contributed by atoms with Crippen molar-refractivity contribution in [3.05, 3.63) is 36.0 Å². The van der Waals surface area contributed by atoms with E-state index in [1.165, 1.54) is 4.90 Å². The van der Waals surface area contributed by atoms with Crippen molar-refractivity contribution >= 4 is 17.0 Å². The molecule has 26 heavy (non-hydrogen) atoms. The summed E-state index contributed by atoms with van der Waals surface area (Å²) >= 11 is 0. The second kappa shape index (κ2) is 8.09. The van der Waals surface area contributed by atoms with Crippen molar-refractivity contribution in [3.63, 3.8) is 0 Å². The topological polar surface area (TPSA) is 51.7 Å². The van der Waals surface area contributed by atoms with E-state index in [9.17, 15) is 4.79 Å². The van der Waals surface area contributed by atoms with Crippen LogP contribution in [-0.2, 0) is 11.3 Å². The Morgan fingerprint density at radius 3 is 2.65 bits per heavy atom. The van der Waals surface area contributed by atoms with Crippen molar-refractivity contribution in [1.29, 1.82) is 0 Å². The summed E-state index contributed by atoms with van der Waals surface area (Å²) in [5.74, 6) is 3.23. The van der Waals surface area contributed by atoms with Crippen LogP contribution in [0.2, 0.25) is 0 Å². The Hall–Kier alpha value is -2.74. The molecule has 1 aromatic heterocycles. The van der Waals surface area contributed by atoms with E-state index in [1.54, 1.807) is 6.20 Å². The van der Waals surface area contributed by atoms with E-state index in [-0.39, 0.29) is 18.2 Å². The van der Waals surface area contributed by atoms with Crippen molar-refractivity contribution < 1.29 is 14.3 Å². The van der Waals surface area contributed by atoms with Crippen LogP contribution in [0.4, 0.5) is 4.79 Å². The summed E-state index contributed by atoms with van der Waals surface area (Å²) in [5, 5.41) is 0.925. The van der Waals surface area contributed by atoms with Crippen molar-refractivity contribution in [2.75, 3.05) is 6.54 Å². The molecule has 0 saturated carbocycles. The van der Waals surface area contributed by atoms with Crippen LogP contribution in [-0.4, -0.2) is 34.2 Å². The summed E-state index contributed by atoms with van der Waals surface area (Å²) in [7, 11) is 0. The number of carbonyl (C=O) groups excluding carboxylic acids is 1. The molecule has 0 saturated heterocycles. The molecule has 2 aromatic rings. The van der Waals surface area contributed by atoms with Crippen LogP contribution in [0.3, 0.4) is 0 Å². The minimum atomic E-state index is -0.426. The lowest BCUT2D eigenvalue weighted by atomic mass is 10.1. The highest BCUT2D eigenvalue weighted by atomic mass is 16.6. The highest BCUT2D eigenvalue weighted by Gasteiger charge is 2.19. The van der Waals surface area contributed by atoms with E-state index in [0.29, 0.717) is 12.3 Å². The van der Waals surface area contributed by atoms with Gasteiger partial charge in [0.2, 0.25) is 0 Å². The first-order valence-corrected chi connectivity index (χ1v) is 8.66. The molecule has 0 aliphatic rings. The number of ether oxygens (including phenoxy) is 2. The lowest BCUT2D eigenvalue weighted by Gasteiger charge is -2.24. The number of hydrogen-bond donors (Lipinski definition) is 0. The SMILES string of the molecule is C#CCN(Cc1ccc(OC(C)(C)C)c2ncccc12)C(=O)OC(C)C. The first kappa shape index (κ1) is 19.6. The van der Waals surface area contributed by atoms with Gasteiger partial charge in [0.05, 0.1) is 19.2 Å². The van der Waals surface area contributed by atoms with E-state index < -0.39 is 6.09 Å². The first-order valence-electron chi connectivity index (χ1n) is 8.66. The van der Waals surface area contributed by atoms with Crippen LogP contribution in [0.5, 0.6) is 5.75 Å². The fraction of sp³-hybridized carbons (Fsp3) is 0.429. The zero-order valence-electron chi connectivity index (χ0n) is 16.1. The molecule has 2 rings (SSSR count). The molecule has 1 heterocycles. The van der Waals surface area contributed by atoms with Crippen molar-refractivity contribution in [1.82, 2.24) is 9.88 Å². The van der Waals surface area contributed by atoms with E-state index in [2.05, 4.69) is 10.9 Å². The largest absolute Gasteiger partial charge is 0.486 e. The average molecular weight is 354 g/mol. The predicted molar refractivity (Wildman–Crippen MR) is 103 cm³/mol. The van der Waals surface area contributed by atoms with Gasteiger partial charge in [0, 0.05) is 11.6 Å². The van der Waals surface area contributed by atoms with Gasteiger partial charge in [-0.1, -0.05) is 18.1 Å². The predicted octanol–water partition coefficient (Wildman–Crippen LogP) is 4.39. The Morgan fingerprint density at radius 2 is 2.04 bits per heavy atom. The maximum Gasteiger partial charge on any atom is 0.411 e. The van der Waals surface area contributed by atoms with Crippen molar-refractivity contribution in [2.45, 2.75) is 52.9 Å². The second-order valence-corrected chi connectivity index (χ2v) is 7.33. The molecule has 0 bridgehead atoms. The summed E-state index contributed by atoms with van der Waals surface area (Å²) in [6.45, 7) is 10.1. The van der Waals surface area contributed by atoms with Crippen molar-refractivity contribution in [2.24, 2.45) is 0 Å². The highest BCUT2D eigenvalue weighted by Crippen LogP contribution is 2.30. The molecule has 0 spiro atoms. The lowest BCUT2D eigenvalue weighted by molar-refractivity contribution is 0.0787. The standard InChI is InChI=1S/C21H26N2O3/c1-7-13-23(20(24)25-15(2)3)14-16-10-11-18(26-21(4,5)6)19-17(16)9-8-12-22-19/h1,8-12,15H,13-14H2,2-6H3. The highest BCUT2D eigenvalue weighted by molar-refractivity contribution is 5.87. The molecule has 5 nitrogen and oxygen atoms in total. The summed E-state index contributed by atoms with van der Waals surface area (Å²) in [6, 6.07) is 7.66. The number of nitrogens with zero attached hydrogens (tertiary/aromatic N) is 2. The Labute approximate surface area is 155 Å². The van der Waals surface area contributed by atoms with Crippen LogP contribution in [0.25, 0.3) is 10.9 Å². The normalized spacial score (nSPS) is 11.3. The van der Waals surface area contributed by atoms with Gasteiger partial charge in [-0.3, -0.25) is 9.88 Å². The molecule has 138 valence electrons. The van der Waals surface area contributed by atoms with Crippen LogP contribution in [0.15, 0.2) is 30.5 Å². The van der Waals surface area contributed by atoms with Crippen LogP contribution >= 0.6 is 0 Å². The van der Waals surface area contributed by atoms with Gasteiger partial charge in [0.1, 0.15) is 16.9 Å². The molecule has 1 aromatic carbocycles. The number of benzene rings is 1. The zero-order valence-corrected chi connectivity index (χ0v) is 16.1. The van der Waals surface area contributed by atoms with E-state index in [0.717, 1.165) is 16.5 Å². The Kier molecular flexibility index (Phi) is 6.10. The third kappa shape index (κ3) is 5.13. The van der Waals surface area contributed by atoms with E-state index in [1.807, 2.05) is 58.9 Å². The number of terminal acetylenes is 1. The summed E-state index contributed by atoms with van der Waals surface area (Å²) in [4.78, 5) is 18.3. The molecule has 0 radical (unpaired) electrons. The third-order valence-electron chi connectivity index (χ3n) is 3.48. The number of amides is 1. The van der Waals surface area contributed by atoms with Crippen LogP contribution in [0, 0.1) is 12.3 Å². The minimum Gasteiger partial charge on any atom is -0.486 e. The molecule has 1 amide bonds. The van der Waals surface area contributed by atoms with Crippen LogP contribution < -0.4 is 4.74 Å². The van der Waals surface area contributed by atoms with E-state index >= 15 is 0 Å². The third-order valence-corrected chi connectivity index (χ3v) is 3.48. The van der Waals surface area contributed by atoms with Gasteiger partial charge in [0.15, 0.2) is 0 Å². The summed E-state index contributed by atoms with van der Waals surface area (Å²) < 4.78 is 11.3.